The number of carboxylic acid groups (broad SMARTS) is 2. The third-order valence-corrected chi connectivity index (χ3v) is 2.80. The molecule has 0 saturated carbocycles. The van der Waals surface area contributed by atoms with Crippen molar-refractivity contribution < 1.29 is 19.8 Å². The smallest absolute Gasteiger partial charge is 0.307 e. The molecule has 2 N–H and O–H groups in total. The van der Waals surface area contributed by atoms with Gasteiger partial charge >= 0.3 is 11.9 Å². The van der Waals surface area contributed by atoms with Crippen molar-refractivity contribution in [3.63, 3.8) is 0 Å². The van der Waals surface area contributed by atoms with Crippen LogP contribution < -0.4 is 0 Å². The molecule has 2 rings (SSSR count). The SMILES string of the molecule is O=C(O)C/C=C/c1ccccc1.O=C(O)CC=Cc1ccccc1. The average Bonchev–Trinajstić information content (AvgIpc) is 2.57. The van der Waals surface area contributed by atoms with Crippen molar-refractivity contribution in [2.45, 2.75) is 12.8 Å². The van der Waals surface area contributed by atoms with Crippen LogP contribution in [0.1, 0.15) is 24.0 Å². The van der Waals surface area contributed by atoms with Gasteiger partial charge in [-0.1, -0.05) is 85.0 Å². The molecular weight excluding hydrogens is 304 g/mol. The summed E-state index contributed by atoms with van der Waals surface area (Å²) < 4.78 is 0. The number of carboxylic acids is 2. The van der Waals surface area contributed by atoms with Crippen molar-refractivity contribution in [2.75, 3.05) is 0 Å². The van der Waals surface area contributed by atoms with Gasteiger partial charge < -0.3 is 10.2 Å². The van der Waals surface area contributed by atoms with Crippen LogP contribution in [-0.4, -0.2) is 22.2 Å². The van der Waals surface area contributed by atoms with E-state index in [4.69, 9.17) is 10.2 Å². The Labute approximate surface area is 141 Å². The van der Waals surface area contributed by atoms with E-state index in [1.54, 1.807) is 24.3 Å². The second kappa shape index (κ2) is 11.4. The molecule has 0 aliphatic rings. The van der Waals surface area contributed by atoms with Gasteiger partial charge in [0.1, 0.15) is 0 Å². The van der Waals surface area contributed by atoms with E-state index < -0.39 is 11.9 Å². The maximum Gasteiger partial charge on any atom is 0.307 e. The Morgan fingerprint density at radius 2 is 1.00 bits per heavy atom. The Hall–Kier alpha value is -3.14. The molecular formula is C20H20O4. The quantitative estimate of drug-likeness (QED) is 0.828. The summed E-state index contributed by atoms with van der Waals surface area (Å²) in [5, 5.41) is 16.7. The molecule has 0 amide bonds. The monoisotopic (exact) mass is 324 g/mol. The van der Waals surface area contributed by atoms with Gasteiger partial charge in [-0.3, -0.25) is 9.59 Å². The summed E-state index contributed by atoms with van der Waals surface area (Å²) in [4.78, 5) is 20.3. The van der Waals surface area contributed by atoms with Gasteiger partial charge in [0.15, 0.2) is 0 Å². The Morgan fingerprint density at radius 3 is 1.29 bits per heavy atom. The Bertz CT molecular complexity index is 612. The van der Waals surface area contributed by atoms with E-state index in [1.807, 2.05) is 60.7 Å². The molecule has 0 aliphatic heterocycles. The first kappa shape index (κ1) is 18.9. The highest BCUT2D eigenvalue weighted by molar-refractivity contribution is 5.70. The third kappa shape index (κ3) is 9.73. The molecule has 0 heterocycles. The van der Waals surface area contributed by atoms with E-state index in [2.05, 4.69) is 0 Å². The standard InChI is InChI=1S/2C10H10O2/c2*11-10(12)8-4-7-9-5-2-1-3-6-9/h2*1-7H,8H2,(H,11,12)/b7-4+;. The number of aliphatic carboxylic acids is 2. The lowest BCUT2D eigenvalue weighted by Crippen LogP contribution is -1.89. The zero-order chi connectivity index (χ0) is 17.6. The Morgan fingerprint density at radius 1 is 0.667 bits per heavy atom. The molecule has 0 fully saturated rings. The highest BCUT2D eigenvalue weighted by Gasteiger charge is 1.89. The first-order valence-electron chi connectivity index (χ1n) is 7.44. The molecule has 4 nitrogen and oxygen atoms in total. The van der Waals surface area contributed by atoms with Crippen molar-refractivity contribution in [3.8, 4) is 0 Å². The van der Waals surface area contributed by atoms with Crippen LogP contribution in [0.2, 0.25) is 0 Å². The fourth-order valence-corrected chi connectivity index (χ4v) is 1.72. The minimum absolute atomic E-state index is 0.0783. The lowest BCUT2D eigenvalue weighted by atomic mass is 10.2. The fraction of sp³-hybridized carbons (Fsp3) is 0.100. The molecule has 124 valence electrons. The molecule has 0 atom stereocenters. The number of hydrogen-bond donors (Lipinski definition) is 2. The predicted octanol–water partition coefficient (Wildman–Crippen LogP) is 4.35. The van der Waals surface area contributed by atoms with Crippen LogP contribution in [0.3, 0.4) is 0 Å². The second-order valence-electron chi connectivity index (χ2n) is 4.82. The van der Waals surface area contributed by atoms with Crippen LogP contribution in [0.15, 0.2) is 72.8 Å². The zero-order valence-electron chi connectivity index (χ0n) is 13.2. The molecule has 0 spiro atoms. The maximum atomic E-state index is 10.1. The summed E-state index contributed by atoms with van der Waals surface area (Å²) in [6, 6.07) is 19.2. The highest BCUT2D eigenvalue weighted by Crippen LogP contribution is 2.02. The van der Waals surface area contributed by atoms with Gasteiger partial charge in [0.25, 0.3) is 0 Å². The van der Waals surface area contributed by atoms with Crippen molar-refractivity contribution in [2.24, 2.45) is 0 Å². The topological polar surface area (TPSA) is 74.6 Å². The number of hydrogen-bond acceptors (Lipinski definition) is 2. The van der Waals surface area contributed by atoms with Crippen molar-refractivity contribution in [1.82, 2.24) is 0 Å². The molecule has 24 heavy (non-hydrogen) atoms. The number of rotatable bonds is 6. The molecule has 0 unspecified atom stereocenters. The Kier molecular flexibility index (Phi) is 9.01. The van der Waals surface area contributed by atoms with Gasteiger partial charge in [0.2, 0.25) is 0 Å². The van der Waals surface area contributed by atoms with Gasteiger partial charge in [-0.25, -0.2) is 0 Å². The van der Waals surface area contributed by atoms with Crippen molar-refractivity contribution >= 4 is 24.1 Å². The molecule has 2 aromatic rings. The third-order valence-electron chi connectivity index (χ3n) is 2.80. The summed E-state index contributed by atoms with van der Waals surface area (Å²) in [7, 11) is 0. The van der Waals surface area contributed by atoms with E-state index in [0.29, 0.717) is 0 Å². The van der Waals surface area contributed by atoms with Crippen molar-refractivity contribution in [1.29, 1.82) is 0 Å². The molecule has 4 heteroatoms. The first-order chi connectivity index (χ1) is 11.6. The zero-order valence-corrected chi connectivity index (χ0v) is 13.2. The van der Waals surface area contributed by atoms with Gasteiger partial charge in [0, 0.05) is 0 Å². The van der Waals surface area contributed by atoms with Crippen molar-refractivity contribution in [3.05, 3.63) is 83.9 Å². The van der Waals surface area contributed by atoms with E-state index in [1.165, 1.54) is 0 Å². The molecule has 2 aromatic carbocycles. The lowest BCUT2D eigenvalue weighted by molar-refractivity contribution is -0.137. The molecule has 0 aromatic heterocycles. The summed E-state index contributed by atoms with van der Waals surface area (Å²) in [5.41, 5.74) is 2.05. The maximum absolute atomic E-state index is 10.1. The first-order valence-corrected chi connectivity index (χ1v) is 7.44. The van der Waals surface area contributed by atoms with Gasteiger partial charge in [-0.05, 0) is 11.1 Å². The minimum atomic E-state index is -0.804. The molecule has 0 saturated heterocycles. The summed E-state index contributed by atoms with van der Waals surface area (Å²) in [5.74, 6) is -1.61. The normalized spacial score (nSPS) is 10.3. The summed E-state index contributed by atoms with van der Waals surface area (Å²) in [6.45, 7) is 0. The van der Waals surface area contributed by atoms with Crippen LogP contribution in [0.25, 0.3) is 12.2 Å². The van der Waals surface area contributed by atoms with E-state index in [0.717, 1.165) is 11.1 Å². The van der Waals surface area contributed by atoms with Crippen LogP contribution >= 0.6 is 0 Å². The van der Waals surface area contributed by atoms with E-state index >= 15 is 0 Å². The Balaban J connectivity index is 0.000000240. The molecule has 0 aliphatic carbocycles. The number of benzene rings is 2. The highest BCUT2D eigenvalue weighted by atomic mass is 16.4. The van der Waals surface area contributed by atoms with E-state index in [9.17, 15) is 9.59 Å². The van der Waals surface area contributed by atoms with Crippen LogP contribution in [0, 0.1) is 0 Å². The molecule has 0 bridgehead atoms. The van der Waals surface area contributed by atoms with Gasteiger partial charge in [-0.2, -0.15) is 0 Å². The summed E-state index contributed by atoms with van der Waals surface area (Å²) >= 11 is 0. The number of carbonyl (C=O) groups is 2. The largest absolute Gasteiger partial charge is 0.481 e. The van der Waals surface area contributed by atoms with E-state index in [-0.39, 0.29) is 12.8 Å². The fourth-order valence-electron chi connectivity index (χ4n) is 1.72. The predicted molar refractivity (Wildman–Crippen MR) is 95.5 cm³/mol. The summed E-state index contributed by atoms with van der Waals surface area (Å²) in [6.07, 6.45) is 7.03. The molecule has 0 radical (unpaired) electrons. The second-order valence-corrected chi connectivity index (χ2v) is 4.82. The van der Waals surface area contributed by atoms with Gasteiger partial charge in [0.05, 0.1) is 12.8 Å². The lowest BCUT2D eigenvalue weighted by Gasteiger charge is -1.89. The van der Waals surface area contributed by atoms with Gasteiger partial charge in [-0.15, -0.1) is 0 Å². The minimum Gasteiger partial charge on any atom is -0.481 e. The van der Waals surface area contributed by atoms with Crippen LogP contribution in [0.5, 0.6) is 0 Å². The van der Waals surface area contributed by atoms with Crippen LogP contribution in [0.4, 0.5) is 0 Å². The average molecular weight is 324 g/mol. The van der Waals surface area contributed by atoms with Crippen LogP contribution in [-0.2, 0) is 9.59 Å².